The zero-order valence-electron chi connectivity index (χ0n) is 22.7. The lowest BCUT2D eigenvalue weighted by molar-refractivity contribution is -0.187. The molecule has 3 fully saturated rings. The van der Waals surface area contributed by atoms with Crippen molar-refractivity contribution in [1.29, 1.82) is 0 Å². The summed E-state index contributed by atoms with van der Waals surface area (Å²) in [4.78, 5) is 2.38. The summed E-state index contributed by atoms with van der Waals surface area (Å²) >= 11 is 0. The van der Waals surface area contributed by atoms with Crippen LogP contribution in [-0.4, -0.2) is 47.8 Å². The minimum absolute atomic E-state index is 0.192. The number of hydrogen-bond acceptors (Lipinski definition) is 5. The molecule has 1 N–H and O–H groups in total. The van der Waals surface area contributed by atoms with Gasteiger partial charge in [-0.15, -0.1) is 12.5 Å². The molecule has 5 nitrogen and oxygen atoms in total. The number of alkyl halides is 3. The third kappa shape index (κ3) is 5.15. The Morgan fingerprint density at radius 3 is 2.40 bits per heavy atom. The molecule has 40 heavy (non-hydrogen) atoms. The number of ether oxygens (including phenoxy) is 1. The van der Waals surface area contributed by atoms with E-state index < -0.39 is 38.6 Å². The number of aliphatic hydroxyl groups excluding tert-OH is 1. The highest BCUT2D eigenvalue weighted by Crippen LogP contribution is 2.49. The van der Waals surface area contributed by atoms with Gasteiger partial charge in [0.05, 0.1) is 4.91 Å². The van der Waals surface area contributed by atoms with Crippen molar-refractivity contribution in [2.75, 3.05) is 0 Å². The van der Waals surface area contributed by atoms with E-state index >= 15 is 0 Å². The molecule has 3 atom stereocenters. The molecule has 0 amide bonds. The van der Waals surface area contributed by atoms with Crippen molar-refractivity contribution in [2.24, 2.45) is 5.41 Å². The summed E-state index contributed by atoms with van der Waals surface area (Å²) < 4.78 is 73.5. The van der Waals surface area contributed by atoms with Crippen molar-refractivity contribution >= 4 is 9.84 Å². The lowest BCUT2D eigenvalue weighted by atomic mass is 9.81. The largest absolute Gasteiger partial charge is 0.408 e. The van der Waals surface area contributed by atoms with Gasteiger partial charge in [-0.1, -0.05) is 49.5 Å². The lowest BCUT2D eigenvalue weighted by Crippen LogP contribution is -2.47. The summed E-state index contributed by atoms with van der Waals surface area (Å²) in [6.45, 7) is 4.83. The second-order valence-electron chi connectivity index (χ2n) is 11.4. The van der Waals surface area contributed by atoms with Gasteiger partial charge in [0.1, 0.15) is 16.3 Å². The molecular weight excluding hydrogens is 539 g/mol. The smallest absolute Gasteiger partial charge is 0.366 e. The third-order valence-corrected chi connectivity index (χ3v) is 11.5. The number of aliphatic hydroxyl groups is 1. The molecule has 1 saturated heterocycles. The average molecular weight is 576 g/mol. The van der Waals surface area contributed by atoms with Crippen LogP contribution in [0.4, 0.5) is 13.2 Å². The van der Waals surface area contributed by atoms with E-state index in [-0.39, 0.29) is 23.8 Å². The van der Waals surface area contributed by atoms with E-state index in [0.29, 0.717) is 19.3 Å². The molecule has 0 spiro atoms. The van der Waals surface area contributed by atoms with Crippen molar-refractivity contribution in [3.63, 3.8) is 0 Å². The van der Waals surface area contributed by atoms with E-state index in [1.165, 1.54) is 6.92 Å². The molecule has 9 heteroatoms. The van der Waals surface area contributed by atoms with Crippen LogP contribution in [0.2, 0.25) is 0 Å². The van der Waals surface area contributed by atoms with Gasteiger partial charge in [0.2, 0.25) is 0 Å². The van der Waals surface area contributed by atoms with Gasteiger partial charge < -0.3 is 14.7 Å². The van der Waals surface area contributed by atoms with Crippen LogP contribution in [-0.2, 0) is 14.6 Å². The summed E-state index contributed by atoms with van der Waals surface area (Å²) in [6.07, 6.45) is 11.5. The van der Waals surface area contributed by atoms with E-state index in [2.05, 4.69) is 23.3 Å². The number of nitrogens with zero attached hydrogens (tertiary/aromatic N) is 1. The third-order valence-electron chi connectivity index (χ3n) is 8.82. The van der Waals surface area contributed by atoms with Gasteiger partial charge >= 0.3 is 6.18 Å². The van der Waals surface area contributed by atoms with Gasteiger partial charge in [0, 0.05) is 17.9 Å². The summed E-state index contributed by atoms with van der Waals surface area (Å²) in [5, 5.41) is 9.97. The number of allylic oxidation sites excluding steroid dienone is 8. The van der Waals surface area contributed by atoms with E-state index in [4.69, 9.17) is 4.74 Å². The second-order valence-corrected chi connectivity index (χ2v) is 13.6. The Morgan fingerprint density at radius 2 is 1.88 bits per heavy atom. The average Bonchev–Trinajstić information content (AvgIpc) is 3.88. The van der Waals surface area contributed by atoms with E-state index in [0.717, 1.165) is 55.0 Å². The fourth-order valence-corrected chi connectivity index (χ4v) is 8.57. The maximum atomic E-state index is 13.9. The number of epoxide rings is 1. The minimum Gasteiger partial charge on any atom is -0.366 e. The molecule has 5 aliphatic rings. The Hall–Kier alpha value is -2.54. The molecule has 0 aromatic heterocycles. The van der Waals surface area contributed by atoms with Crippen molar-refractivity contribution < 1.29 is 31.4 Å². The van der Waals surface area contributed by atoms with Crippen LogP contribution in [0.1, 0.15) is 71.1 Å². The molecule has 0 bridgehead atoms. The molecular formula is C31H36F3NO4S. The van der Waals surface area contributed by atoms with Gasteiger partial charge in [-0.3, -0.25) is 0 Å². The van der Waals surface area contributed by atoms with Crippen LogP contribution in [0.25, 0.3) is 0 Å². The topological polar surface area (TPSA) is 70.1 Å². The highest BCUT2D eigenvalue weighted by Gasteiger charge is 2.62. The first-order chi connectivity index (χ1) is 19.0. The SMILES string of the molecule is C=C[C@](C#CC)(CCC1=CN(C2CC2)C(=C2C=CC(S(=O)(=O)C3(C4OC4O)CCCCC3)=CC2)C=C1)C(F)(F)F. The first-order valence-electron chi connectivity index (χ1n) is 14.0. The van der Waals surface area contributed by atoms with Crippen molar-refractivity contribution in [2.45, 2.75) is 100 Å². The highest BCUT2D eigenvalue weighted by atomic mass is 32.2. The summed E-state index contributed by atoms with van der Waals surface area (Å²) in [6, 6.07) is 0.270. The van der Waals surface area contributed by atoms with E-state index in [9.17, 15) is 26.7 Å². The Morgan fingerprint density at radius 1 is 1.18 bits per heavy atom. The lowest BCUT2D eigenvalue weighted by Gasteiger charge is -2.36. The van der Waals surface area contributed by atoms with Gasteiger partial charge in [0.25, 0.3) is 0 Å². The molecule has 0 aromatic carbocycles. The fraction of sp³-hybridized carbons (Fsp3) is 0.548. The zero-order valence-corrected chi connectivity index (χ0v) is 23.5. The predicted octanol–water partition coefficient (Wildman–Crippen LogP) is 6.38. The zero-order chi connectivity index (χ0) is 28.8. The maximum Gasteiger partial charge on any atom is 0.408 e. The van der Waals surface area contributed by atoms with Crippen LogP contribution in [0.3, 0.4) is 0 Å². The minimum atomic E-state index is -4.52. The maximum absolute atomic E-state index is 13.9. The summed E-state index contributed by atoms with van der Waals surface area (Å²) in [5.74, 6) is 4.75. The van der Waals surface area contributed by atoms with Crippen LogP contribution >= 0.6 is 0 Å². The van der Waals surface area contributed by atoms with Crippen LogP contribution in [0.5, 0.6) is 0 Å². The summed E-state index contributed by atoms with van der Waals surface area (Å²) in [7, 11) is -3.73. The number of rotatable bonds is 8. The fourth-order valence-electron chi connectivity index (χ4n) is 6.25. The molecule has 0 aromatic rings. The Labute approximate surface area is 234 Å². The predicted molar refractivity (Wildman–Crippen MR) is 148 cm³/mol. The normalized spacial score (nSPS) is 29.6. The van der Waals surface area contributed by atoms with Crippen LogP contribution in [0, 0.1) is 17.3 Å². The second kappa shape index (κ2) is 10.7. The van der Waals surface area contributed by atoms with E-state index in [1.807, 2.05) is 24.4 Å². The molecule has 2 aliphatic heterocycles. The molecule has 2 unspecified atom stereocenters. The Bertz CT molecular complexity index is 1360. The molecule has 0 radical (unpaired) electrons. The van der Waals surface area contributed by atoms with Crippen LogP contribution in [0.15, 0.2) is 71.0 Å². The highest BCUT2D eigenvalue weighted by molar-refractivity contribution is 7.96. The van der Waals surface area contributed by atoms with Gasteiger partial charge in [-0.25, -0.2) is 8.42 Å². The van der Waals surface area contributed by atoms with Gasteiger partial charge in [-0.2, -0.15) is 13.2 Å². The Kier molecular flexibility index (Phi) is 7.75. The Balaban J connectivity index is 1.35. The van der Waals surface area contributed by atoms with Gasteiger partial charge in [0.15, 0.2) is 16.1 Å². The van der Waals surface area contributed by atoms with Crippen LogP contribution < -0.4 is 0 Å². The molecule has 2 heterocycles. The molecule has 3 aliphatic carbocycles. The standard InChI is InChI=1S/C31H36F3NO4S/c1-3-17-29(4-2,31(32,33)34)20-16-22-8-15-26(35(21-22)24-11-12-24)23-9-13-25(14-10-23)40(37,38)30(27-28(36)39-27)18-6-5-7-19-30/h4,8-9,13-15,21,24,27-28,36H,2,5-7,10-12,16,18-20H2,1H3/t27?,28?,29-/m0/s1. The van der Waals surface area contributed by atoms with Crippen molar-refractivity contribution in [1.82, 2.24) is 4.90 Å². The molecule has 216 valence electrons. The monoisotopic (exact) mass is 575 g/mol. The molecule has 2 saturated carbocycles. The van der Waals surface area contributed by atoms with Crippen molar-refractivity contribution in [3.8, 4) is 11.8 Å². The first kappa shape index (κ1) is 29.0. The number of halogens is 3. The van der Waals surface area contributed by atoms with Crippen molar-refractivity contribution in [3.05, 3.63) is 71.0 Å². The number of hydrogen-bond donors (Lipinski definition) is 1. The van der Waals surface area contributed by atoms with Gasteiger partial charge in [-0.05, 0) is 75.2 Å². The van der Waals surface area contributed by atoms with E-state index in [1.54, 1.807) is 12.2 Å². The quantitative estimate of drug-likeness (QED) is 0.207. The number of sulfone groups is 1. The molecule has 5 rings (SSSR count). The summed E-state index contributed by atoms with van der Waals surface area (Å²) in [5.41, 5.74) is 0.411. The first-order valence-corrected chi connectivity index (χ1v) is 15.5.